The van der Waals surface area contributed by atoms with Crippen LogP contribution in [0.4, 0.5) is 4.39 Å². The number of aryl methyl sites for hydroxylation is 1. The second-order valence-corrected chi connectivity index (χ2v) is 8.02. The van der Waals surface area contributed by atoms with Gasteiger partial charge in [-0.3, -0.25) is 9.48 Å². The van der Waals surface area contributed by atoms with E-state index in [0.29, 0.717) is 23.4 Å². The lowest BCUT2D eigenvalue weighted by Crippen LogP contribution is -2.37. The maximum absolute atomic E-state index is 14.3. The third kappa shape index (κ3) is 3.81. The molecule has 0 atom stereocenters. The molecule has 0 aliphatic rings. The third-order valence-corrected chi connectivity index (χ3v) is 5.26. The fourth-order valence-corrected chi connectivity index (χ4v) is 3.57. The Hall–Kier alpha value is -3.54. The number of carbonyl (C=O) groups is 1. The molecule has 30 heavy (non-hydrogen) atoms. The van der Waals surface area contributed by atoms with Gasteiger partial charge < -0.3 is 5.32 Å². The summed E-state index contributed by atoms with van der Waals surface area (Å²) in [7, 11) is 1.84. The molecule has 5 nitrogen and oxygen atoms in total. The first-order valence-corrected chi connectivity index (χ1v) is 9.77. The summed E-state index contributed by atoms with van der Waals surface area (Å²) in [5.74, 6) is -0.492. The van der Waals surface area contributed by atoms with E-state index >= 15 is 0 Å². The van der Waals surface area contributed by atoms with Crippen molar-refractivity contribution in [3.05, 3.63) is 83.9 Å². The Morgan fingerprint density at radius 3 is 2.60 bits per heavy atom. The number of nitrogens with zero attached hydrogens (tertiary/aromatic N) is 3. The van der Waals surface area contributed by atoms with Gasteiger partial charge in [0.1, 0.15) is 5.82 Å². The summed E-state index contributed by atoms with van der Waals surface area (Å²) in [5, 5.41) is 7.96. The molecule has 0 saturated carbocycles. The van der Waals surface area contributed by atoms with Gasteiger partial charge in [0.05, 0.1) is 23.0 Å². The lowest BCUT2D eigenvalue weighted by atomic mass is 9.84. The molecule has 4 aromatic rings. The Morgan fingerprint density at radius 2 is 1.87 bits per heavy atom. The molecule has 0 fully saturated rings. The van der Waals surface area contributed by atoms with Gasteiger partial charge in [0.25, 0.3) is 5.91 Å². The van der Waals surface area contributed by atoms with Gasteiger partial charge in [0.15, 0.2) is 0 Å². The van der Waals surface area contributed by atoms with E-state index in [-0.39, 0.29) is 11.7 Å². The maximum atomic E-state index is 14.3. The van der Waals surface area contributed by atoms with E-state index in [9.17, 15) is 9.18 Å². The zero-order chi connectivity index (χ0) is 21.3. The summed E-state index contributed by atoms with van der Waals surface area (Å²) in [5.41, 5.74) is 2.79. The van der Waals surface area contributed by atoms with Crippen molar-refractivity contribution in [2.45, 2.75) is 19.3 Å². The van der Waals surface area contributed by atoms with Gasteiger partial charge in [-0.15, -0.1) is 0 Å². The van der Waals surface area contributed by atoms with Crippen LogP contribution in [0.1, 0.15) is 29.8 Å². The van der Waals surface area contributed by atoms with Gasteiger partial charge in [-0.1, -0.05) is 50.2 Å². The standard InChI is InChI=1S/C24H23FN4O/c1-24(2,19-9-5-6-10-20(19)25)15-26-23(30)18-12-22(16-13-27-29(3)14-16)28-21-11-7-4-8-17(18)21/h4-14H,15H2,1-3H3,(H,26,30). The number of fused-ring (bicyclic) bond motifs is 1. The summed E-state index contributed by atoms with van der Waals surface area (Å²) in [6.07, 6.45) is 3.58. The molecule has 152 valence electrons. The molecule has 2 heterocycles. The van der Waals surface area contributed by atoms with Crippen molar-refractivity contribution >= 4 is 16.8 Å². The SMILES string of the molecule is Cn1cc(-c2cc(C(=O)NCC(C)(C)c3ccccc3F)c3ccccc3n2)cn1. The summed E-state index contributed by atoms with van der Waals surface area (Å²) in [6.45, 7) is 4.13. The van der Waals surface area contributed by atoms with Gasteiger partial charge >= 0.3 is 0 Å². The molecule has 1 N–H and O–H groups in total. The molecule has 1 amide bonds. The van der Waals surface area contributed by atoms with E-state index in [1.165, 1.54) is 6.07 Å². The highest BCUT2D eigenvalue weighted by Gasteiger charge is 2.25. The quantitative estimate of drug-likeness (QED) is 0.535. The number of rotatable bonds is 5. The summed E-state index contributed by atoms with van der Waals surface area (Å²) in [4.78, 5) is 17.8. The fraction of sp³-hybridized carbons (Fsp3) is 0.208. The van der Waals surface area contributed by atoms with Crippen molar-refractivity contribution in [3.63, 3.8) is 0 Å². The number of para-hydroxylation sites is 1. The highest BCUT2D eigenvalue weighted by Crippen LogP contribution is 2.27. The van der Waals surface area contributed by atoms with E-state index < -0.39 is 5.41 Å². The first-order chi connectivity index (χ1) is 14.3. The average molecular weight is 402 g/mol. The van der Waals surface area contributed by atoms with Crippen LogP contribution in [0.2, 0.25) is 0 Å². The molecule has 4 rings (SSSR count). The number of aromatic nitrogens is 3. The van der Waals surface area contributed by atoms with Crippen molar-refractivity contribution in [1.29, 1.82) is 0 Å². The number of amides is 1. The molecule has 0 bridgehead atoms. The third-order valence-electron chi connectivity index (χ3n) is 5.26. The largest absolute Gasteiger partial charge is 0.351 e. The fourth-order valence-electron chi connectivity index (χ4n) is 3.57. The molecule has 0 unspecified atom stereocenters. The second-order valence-electron chi connectivity index (χ2n) is 8.02. The number of nitrogens with one attached hydrogen (secondary N) is 1. The van der Waals surface area contributed by atoms with Gasteiger partial charge in [0, 0.05) is 36.2 Å². The molecule has 0 radical (unpaired) electrons. The maximum Gasteiger partial charge on any atom is 0.252 e. The molecule has 0 saturated heterocycles. The predicted octanol–water partition coefficient (Wildman–Crippen LogP) is 4.48. The Labute approximate surface area is 174 Å². The Bertz CT molecular complexity index is 1230. The van der Waals surface area contributed by atoms with Crippen LogP contribution in [0.5, 0.6) is 0 Å². The molecule has 2 aromatic carbocycles. The minimum atomic E-state index is -0.560. The number of benzene rings is 2. The van der Waals surface area contributed by atoms with Crippen LogP contribution >= 0.6 is 0 Å². The number of carbonyl (C=O) groups excluding carboxylic acids is 1. The summed E-state index contributed by atoms with van der Waals surface area (Å²) in [6, 6.07) is 16.0. The molecule has 2 aromatic heterocycles. The van der Waals surface area contributed by atoms with Crippen LogP contribution in [0.15, 0.2) is 67.0 Å². The topological polar surface area (TPSA) is 59.8 Å². The number of halogens is 1. The Balaban J connectivity index is 1.66. The van der Waals surface area contributed by atoms with E-state index in [1.807, 2.05) is 51.4 Å². The Morgan fingerprint density at radius 1 is 1.13 bits per heavy atom. The monoisotopic (exact) mass is 402 g/mol. The normalized spacial score (nSPS) is 11.6. The molecule has 0 aliphatic heterocycles. The van der Waals surface area contributed by atoms with Crippen LogP contribution in [-0.2, 0) is 12.5 Å². The van der Waals surface area contributed by atoms with Crippen molar-refractivity contribution in [2.75, 3.05) is 6.54 Å². The van der Waals surface area contributed by atoms with Crippen LogP contribution < -0.4 is 5.32 Å². The lowest BCUT2D eigenvalue weighted by molar-refractivity contribution is 0.0947. The summed E-state index contributed by atoms with van der Waals surface area (Å²) < 4.78 is 16.0. The van der Waals surface area contributed by atoms with E-state index in [4.69, 9.17) is 0 Å². The van der Waals surface area contributed by atoms with Crippen LogP contribution in [0.25, 0.3) is 22.2 Å². The van der Waals surface area contributed by atoms with Crippen LogP contribution in [0.3, 0.4) is 0 Å². The molecular weight excluding hydrogens is 379 g/mol. The minimum Gasteiger partial charge on any atom is -0.351 e. The zero-order valence-electron chi connectivity index (χ0n) is 17.2. The van der Waals surface area contributed by atoms with E-state index in [0.717, 1.165) is 16.5 Å². The van der Waals surface area contributed by atoms with Crippen molar-refractivity contribution in [2.24, 2.45) is 7.05 Å². The highest BCUT2D eigenvalue weighted by atomic mass is 19.1. The molecule has 6 heteroatoms. The second kappa shape index (κ2) is 7.71. The van der Waals surface area contributed by atoms with Crippen LogP contribution in [0, 0.1) is 5.82 Å². The lowest BCUT2D eigenvalue weighted by Gasteiger charge is -2.26. The number of hydrogen-bond donors (Lipinski definition) is 1. The molecule has 0 spiro atoms. The molecule has 0 aliphatic carbocycles. The molecular formula is C24H23FN4O. The number of pyridine rings is 1. The zero-order valence-corrected chi connectivity index (χ0v) is 17.2. The minimum absolute atomic E-state index is 0.219. The van der Waals surface area contributed by atoms with Gasteiger partial charge in [-0.2, -0.15) is 5.10 Å². The van der Waals surface area contributed by atoms with Crippen molar-refractivity contribution in [3.8, 4) is 11.3 Å². The van der Waals surface area contributed by atoms with Crippen molar-refractivity contribution in [1.82, 2.24) is 20.1 Å². The smallest absolute Gasteiger partial charge is 0.252 e. The highest BCUT2D eigenvalue weighted by molar-refractivity contribution is 6.07. The average Bonchev–Trinajstić information content (AvgIpc) is 3.18. The van der Waals surface area contributed by atoms with E-state index in [1.54, 1.807) is 35.1 Å². The van der Waals surface area contributed by atoms with Crippen molar-refractivity contribution < 1.29 is 9.18 Å². The van der Waals surface area contributed by atoms with Gasteiger partial charge in [0.2, 0.25) is 0 Å². The van der Waals surface area contributed by atoms with Gasteiger partial charge in [-0.05, 0) is 23.8 Å². The first-order valence-electron chi connectivity index (χ1n) is 9.77. The van der Waals surface area contributed by atoms with E-state index in [2.05, 4.69) is 15.4 Å². The Kier molecular flexibility index (Phi) is 5.08. The summed E-state index contributed by atoms with van der Waals surface area (Å²) >= 11 is 0. The van der Waals surface area contributed by atoms with Gasteiger partial charge in [-0.25, -0.2) is 9.37 Å². The van der Waals surface area contributed by atoms with Crippen LogP contribution in [-0.4, -0.2) is 27.2 Å². The number of hydrogen-bond acceptors (Lipinski definition) is 3. The predicted molar refractivity (Wildman–Crippen MR) is 116 cm³/mol. The first kappa shape index (κ1) is 19.8.